The SMILES string of the molecule is C(=Cc1ccc2c(c1)C(c1ccccc1)(c1ccccc1)c1cc3c(cc1-2)C(c1ccccc1)(c1ccccc1)c1cc(N(c2ccccc2)c2ccccc2)ccc1-3)c1ccc2c(c1)C(c1ccccc1)(c1ccccc1)c1cc3c(cc1-2)C(c1ccccc1)(c1ccccc1)c1cc(N(c2ccccc2)c2ccccc2)ccc1-3. The summed E-state index contributed by atoms with van der Waals surface area (Å²) in [6.07, 6.45) is 4.73. The number of hydrogen-bond acceptors (Lipinski definition) is 2. The summed E-state index contributed by atoms with van der Waals surface area (Å²) >= 11 is 0. The number of nitrogens with zero attached hydrogens (tertiary/aromatic N) is 2. The molecule has 0 fully saturated rings. The van der Waals surface area contributed by atoms with Crippen molar-refractivity contribution in [2.45, 2.75) is 21.7 Å². The van der Waals surface area contributed by atoms with Crippen molar-refractivity contribution >= 4 is 46.3 Å². The molecule has 0 spiro atoms. The van der Waals surface area contributed by atoms with Gasteiger partial charge in [-0.1, -0.05) is 364 Å². The van der Waals surface area contributed by atoms with Crippen LogP contribution < -0.4 is 9.80 Å². The van der Waals surface area contributed by atoms with E-state index in [1.165, 1.54) is 134 Å². The Morgan fingerprint density at radius 2 is 0.310 bits per heavy atom. The molecule has 0 atom stereocenters. The summed E-state index contributed by atoms with van der Waals surface area (Å²) in [5.41, 5.74) is 35.7. The maximum absolute atomic E-state index is 2.60. The van der Waals surface area contributed by atoms with Crippen molar-refractivity contribution in [3.8, 4) is 44.5 Å². The van der Waals surface area contributed by atoms with Gasteiger partial charge in [0.25, 0.3) is 0 Å². The lowest BCUT2D eigenvalue weighted by molar-refractivity contribution is 0.758. The molecule has 4 aliphatic carbocycles. The normalized spacial score (nSPS) is 14.1. The molecule has 0 bridgehead atoms. The van der Waals surface area contributed by atoms with E-state index < -0.39 is 21.7 Å². The highest BCUT2D eigenvalue weighted by molar-refractivity contribution is 5.99. The molecule has 0 saturated carbocycles. The van der Waals surface area contributed by atoms with E-state index in [4.69, 9.17) is 0 Å². The summed E-state index contributed by atoms with van der Waals surface area (Å²) in [6, 6.07) is 173. The molecule has 0 saturated heterocycles. The van der Waals surface area contributed by atoms with Gasteiger partial charge in [-0.2, -0.15) is 0 Å². The zero-order valence-electron chi connectivity index (χ0n) is 63.9. The van der Waals surface area contributed by atoms with Gasteiger partial charge in [0.2, 0.25) is 0 Å². The molecule has 0 N–H and O–H groups in total. The molecule has 22 rings (SSSR count). The van der Waals surface area contributed by atoms with Crippen molar-refractivity contribution in [1.82, 2.24) is 0 Å². The zero-order valence-corrected chi connectivity index (χ0v) is 63.9. The Bertz CT molecular complexity index is 6110. The lowest BCUT2D eigenvalue weighted by Gasteiger charge is -2.36. The van der Waals surface area contributed by atoms with E-state index in [0.29, 0.717) is 0 Å². The van der Waals surface area contributed by atoms with Crippen molar-refractivity contribution in [3.63, 3.8) is 0 Å². The third-order valence-electron chi connectivity index (χ3n) is 25.5. The number of fused-ring (bicyclic) bond motifs is 12. The predicted molar refractivity (Wildman–Crippen MR) is 480 cm³/mol. The van der Waals surface area contributed by atoms with Crippen LogP contribution in [0.3, 0.4) is 0 Å². The molecule has 2 nitrogen and oxygen atoms in total. The number of benzene rings is 18. The minimum atomic E-state index is -0.717. The average molecular weight is 1480 g/mol. The first-order valence-electron chi connectivity index (χ1n) is 40.4. The van der Waals surface area contributed by atoms with E-state index >= 15 is 0 Å². The van der Waals surface area contributed by atoms with Gasteiger partial charge in [-0.15, -0.1) is 0 Å². The molecule has 0 radical (unpaired) electrons. The highest BCUT2D eigenvalue weighted by Gasteiger charge is 2.54. The van der Waals surface area contributed by atoms with E-state index in [1.54, 1.807) is 0 Å². The van der Waals surface area contributed by atoms with Gasteiger partial charge in [0.15, 0.2) is 0 Å². The second-order valence-corrected chi connectivity index (χ2v) is 31.2. The molecule has 116 heavy (non-hydrogen) atoms. The molecule has 0 amide bonds. The Morgan fingerprint density at radius 1 is 0.138 bits per heavy atom. The lowest BCUT2D eigenvalue weighted by Crippen LogP contribution is -2.30. The minimum Gasteiger partial charge on any atom is -0.310 e. The van der Waals surface area contributed by atoms with Gasteiger partial charge in [-0.25, -0.2) is 0 Å². The van der Waals surface area contributed by atoms with E-state index in [9.17, 15) is 0 Å². The van der Waals surface area contributed by atoms with Crippen LogP contribution in [0, 0.1) is 0 Å². The fourth-order valence-electron chi connectivity index (χ4n) is 20.8. The number of anilines is 6. The van der Waals surface area contributed by atoms with Gasteiger partial charge in [-0.3, -0.25) is 0 Å². The zero-order chi connectivity index (χ0) is 76.8. The van der Waals surface area contributed by atoms with Crippen LogP contribution in [0.4, 0.5) is 34.1 Å². The molecule has 0 aromatic heterocycles. The van der Waals surface area contributed by atoms with Gasteiger partial charge < -0.3 is 9.80 Å². The largest absolute Gasteiger partial charge is 0.310 e. The summed E-state index contributed by atoms with van der Waals surface area (Å²) in [4.78, 5) is 4.81. The standard InChI is InChI=1S/C114H78N2/c1-13-37-81(38-14-1)111(82-39-15-2-16-40-82)103-71-79(63-67-95(103)99-75-109-101(77-107(99)111)97-69-65-93(115(89-53-29-9-30-54-89)90-55-31-10-32-56-90)73-105(97)113(109,85-45-21-5-22-46-85)86-47-23-6-24-48-86)61-62-80-64-68-96-100-76-110-102(78-108(100)112(104(96)72-80,83-41-17-3-18-42-83)84-43-19-4-20-44-84)98-70-66-94(116(91-57-33-11-34-58-91)92-59-35-12-36-60-92)74-106(98)114(110,87-49-25-7-26-50-87)88-51-27-8-28-52-88/h1-78H. The Hall–Kier alpha value is -14.7. The smallest absolute Gasteiger partial charge is 0.0714 e. The van der Waals surface area contributed by atoms with Crippen molar-refractivity contribution in [2.24, 2.45) is 0 Å². The van der Waals surface area contributed by atoms with Gasteiger partial charge in [0.1, 0.15) is 0 Å². The fraction of sp³-hybridized carbons (Fsp3) is 0.0351. The Kier molecular flexibility index (Phi) is 16.2. The first-order valence-corrected chi connectivity index (χ1v) is 40.4. The molecule has 544 valence electrons. The number of rotatable bonds is 16. The quantitative estimate of drug-likeness (QED) is 0.0890. The Balaban J connectivity index is 0.731. The second-order valence-electron chi connectivity index (χ2n) is 31.2. The van der Waals surface area contributed by atoms with E-state index in [-0.39, 0.29) is 0 Å². The van der Waals surface area contributed by atoms with E-state index in [2.05, 4.69) is 483 Å². The second kappa shape index (κ2) is 27.6. The van der Waals surface area contributed by atoms with Crippen LogP contribution in [-0.4, -0.2) is 0 Å². The maximum atomic E-state index is 2.60. The lowest BCUT2D eigenvalue weighted by atomic mass is 9.66. The number of hydrogen-bond donors (Lipinski definition) is 0. The minimum absolute atomic E-state index is 0.708. The monoisotopic (exact) mass is 1470 g/mol. The maximum Gasteiger partial charge on any atom is 0.0714 e. The Labute approximate surface area is 678 Å². The summed E-state index contributed by atoms with van der Waals surface area (Å²) in [5, 5.41) is 0. The Morgan fingerprint density at radius 3 is 0.517 bits per heavy atom. The first kappa shape index (κ1) is 68.1. The van der Waals surface area contributed by atoms with Gasteiger partial charge in [0.05, 0.1) is 21.7 Å². The molecule has 18 aromatic rings. The average Bonchev–Trinajstić information content (AvgIpc) is 1.51. The van der Waals surface area contributed by atoms with Gasteiger partial charge in [0, 0.05) is 34.1 Å². The summed E-state index contributed by atoms with van der Waals surface area (Å²) < 4.78 is 0. The van der Waals surface area contributed by atoms with Crippen LogP contribution in [0.2, 0.25) is 0 Å². The highest BCUT2D eigenvalue weighted by atomic mass is 15.1. The topological polar surface area (TPSA) is 6.48 Å². The summed E-state index contributed by atoms with van der Waals surface area (Å²) in [7, 11) is 0. The van der Waals surface area contributed by atoms with Crippen LogP contribution in [0.15, 0.2) is 461 Å². The third kappa shape index (κ3) is 10.2. The van der Waals surface area contributed by atoms with Crippen molar-refractivity contribution in [3.05, 3.63) is 561 Å². The van der Waals surface area contributed by atoms with Crippen molar-refractivity contribution in [2.75, 3.05) is 9.80 Å². The first-order chi connectivity index (χ1) is 57.5. The molecular weight excluding hydrogens is 1400 g/mol. The molecule has 2 heteroatoms. The predicted octanol–water partition coefficient (Wildman–Crippen LogP) is 28.2. The van der Waals surface area contributed by atoms with Crippen LogP contribution in [0.1, 0.15) is 100 Å². The highest BCUT2D eigenvalue weighted by Crippen LogP contribution is 2.66. The van der Waals surface area contributed by atoms with E-state index in [0.717, 1.165) is 45.3 Å². The van der Waals surface area contributed by atoms with Crippen molar-refractivity contribution in [1.29, 1.82) is 0 Å². The van der Waals surface area contributed by atoms with Crippen LogP contribution >= 0.6 is 0 Å². The van der Waals surface area contributed by atoms with Crippen LogP contribution in [0.5, 0.6) is 0 Å². The van der Waals surface area contributed by atoms with Gasteiger partial charge >= 0.3 is 0 Å². The van der Waals surface area contributed by atoms with Crippen LogP contribution in [-0.2, 0) is 21.7 Å². The van der Waals surface area contributed by atoms with Crippen LogP contribution in [0.25, 0.3) is 56.7 Å². The molecule has 0 heterocycles. The summed E-state index contributed by atoms with van der Waals surface area (Å²) in [6.45, 7) is 0. The van der Waals surface area contributed by atoms with Gasteiger partial charge in [-0.05, 0) is 254 Å². The molecule has 18 aromatic carbocycles. The summed E-state index contributed by atoms with van der Waals surface area (Å²) in [5.74, 6) is 0. The molecule has 0 unspecified atom stereocenters. The fourth-order valence-corrected chi connectivity index (χ4v) is 20.8. The molecule has 4 aliphatic rings. The molecule has 0 aliphatic heterocycles. The number of para-hydroxylation sites is 4. The third-order valence-corrected chi connectivity index (χ3v) is 25.5. The van der Waals surface area contributed by atoms with E-state index in [1.807, 2.05) is 0 Å². The van der Waals surface area contributed by atoms with Crippen molar-refractivity contribution < 1.29 is 0 Å². The molecular formula is C114H78N2.